The quantitative estimate of drug-likeness (QED) is 0.795. The Morgan fingerprint density at radius 3 is 2.76 bits per heavy atom. The van der Waals surface area contributed by atoms with Gasteiger partial charge in [-0.05, 0) is 56.1 Å². The van der Waals surface area contributed by atoms with Gasteiger partial charge in [0.15, 0.2) is 4.77 Å². The van der Waals surface area contributed by atoms with Gasteiger partial charge < -0.3 is 0 Å². The molecule has 1 heterocycles. The lowest BCUT2D eigenvalue weighted by molar-refractivity contribution is 0.247. The van der Waals surface area contributed by atoms with Crippen molar-refractivity contribution in [3.63, 3.8) is 0 Å². The van der Waals surface area contributed by atoms with Crippen LogP contribution >= 0.6 is 12.2 Å². The van der Waals surface area contributed by atoms with E-state index in [-0.39, 0.29) is 0 Å². The molecule has 3 rings (SSSR count). The highest BCUT2D eigenvalue weighted by atomic mass is 32.1. The van der Waals surface area contributed by atoms with Gasteiger partial charge in [-0.25, -0.2) is 0 Å². The van der Waals surface area contributed by atoms with Crippen molar-refractivity contribution in [3.8, 4) is 5.69 Å². The van der Waals surface area contributed by atoms with Crippen molar-refractivity contribution in [1.82, 2.24) is 19.7 Å². The largest absolute Gasteiger partial charge is 0.296 e. The van der Waals surface area contributed by atoms with Crippen molar-refractivity contribution in [3.05, 3.63) is 40.9 Å². The zero-order valence-corrected chi connectivity index (χ0v) is 13.3. The maximum Gasteiger partial charge on any atom is 0.199 e. The van der Waals surface area contributed by atoms with Gasteiger partial charge in [-0.3, -0.25) is 14.6 Å². The fraction of sp³-hybridized carbons (Fsp3) is 0.500. The highest BCUT2D eigenvalue weighted by Crippen LogP contribution is 2.30. The van der Waals surface area contributed by atoms with Gasteiger partial charge in [0.25, 0.3) is 0 Å². The third kappa shape index (κ3) is 3.60. The minimum atomic E-state index is 0.666. The standard InChI is InChI=1S/C16H22N4S/c1-2-10-19(11-13-8-9-13)12-15-17-18-16(21)20(15)14-6-4-3-5-7-14/h3-7,13H,2,8-12H2,1H3,(H,18,21). The third-order valence-electron chi connectivity index (χ3n) is 3.87. The average Bonchev–Trinajstić information content (AvgIpc) is 3.23. The van der Waals surface area contributed by atoms with Crippen LogP contribution in [-0.2, 0) is 6.54 Å². The Labute approximate surface area is 130 Å². The molecule has 4 nitrogen and oxygen atoms in total. The predicted octanol–water partition coefficient (Wildman–Crippen LogP) is 3.55. The lowest BCUT2D eigenvalue weighted by atomic mass is 10.3. The molecular weight excluding hydrogens is 280 g/mol. The maximum absolute atomic E-state index is 5.40. The summed E-state index contributed by atoms with van der Waals surface area (Å²) in [5, 5.41) is 7.39. The van der Waals surface area contributed by atoms with E-state index in [2.05, 4.69) is 34.2 Å². The number of hydrogen-bond acceptors (Lipinski definition) is 3. The van der Waals surface area contributed by atoms with E-state index in [0.29, 0.717) is 4.77 Å². The van der Waals surface area contributed by atoms with Crippen LogP contribution in [0.2, 0.25) is 0 Å². The molecule has 2 aromatic rings. The zero-order valence-electron chi connectivity index (χ0n) is 12.5. The van der Waals surface area contributed by atoms with E-state index in [4.69, 9.17) is 12.2 Å². The molecule has 0 aliphatic heterocycles. The summed E-state index contributed by atoms with van der Waals surface area (Å²) >= 11 is 5.40. The van der Waals surface area contributed by atoms with Crippen LogP contribution in [0.25, 0.3) is 5.69 Å². The Morgan fingerprint density at radius 1 is 1.33 bits per heavy atom. The number of benzene rings is 1. The van der Waals surface area contributed by atoms with Crippen molar-refractivity contribution in [1.29, 1.82) is 0 Å². The summed E-state index contributed by atoms with van der Waals surface area (Å²) in [5.74, 6) is 1.89. The number of aromatic nitrogens is 3. The number of H-pyrrole nitrogens is 1. The monoisotopic (exact) mass is 302 g/mol. The number of para-hydroxylation sites is 1. The van der Waals surface area contributed by atoms with E-state index in [1.807, 2.05) is 22.8 Å². The third-order valence-corrected chi connectivity index (χ3v) is 4.15. The first-order chi connectivity index (χ1) is 10.3. The molecule has 112 valence electrons. The molecule has 1 fully saturated rings. The Bertz CT molecular complexity index is 627. The summed E-state index contributed by atoms with van der Waals surface area (Å²) in [6.07, 6.45) is 3.93. The molecule has 1 N–H and O–H groups in total. The predicted molar refractivity (Wildman–Crippen MR) is 87.0 cm³/mol. The number of rotatable bonds is 7. The van der Waals surface area contributed by atoms with E-state index in [1.165, 1.54) is 25.8 Å². The summed E-state index contributed by atoms with van der Waals surface area (Å²) in [4.78, 5) is 2.50. The molecule has 0 radical (unpaired) electrons. The van der Waals surface area contributed by atoms with Crippen molar-refractivity contribution in [2.24, 2.45) is 5.92 Å². The van der Waals surface area contributed by atoms with Crippen LogP contribution in [0.1, 0.15) is 32.0 Å². The Balaban J connectivity index is 1.83. The lowest BCUT2D eigenvalue weighted by Gasteiger charge is -2.21. The molecule has 1 aromatic carbocycles. The first-order valence-electron chi connectivity index (χ1n) is 7.72. The van der Waals surface area contributed by atoms with Crippen LogP contribution in [0.5, 0.6) is 0 Å². The van der Waals surface area contributed by atoms with E-state index in [1.54, 1.807) is 0 Å². The van der Waals surface area contributed by atoms with Crippen molar-refractivity contribution < 1.29 is 0 Å². The fourth-order valence-corrected chi connectivity index (χ4v) is 2.95. The summed E-state index contributed by atoms with van der Waals surface area (Å²) in [6.45, 7) is 5.38. The maximum atomic E-state index is 5.40. The van der Waals surface area contributed by atoms with Gasteiger partial charge in [0.05, 0.1) is 6.54 Å². The van der Waals surface area contributed by atoms with Gasteiger partial charge in [0.2, 0.25) is 0 Å². The molecule has 0 unspecified atom stereocenters. The van der Waals surface area contributed by atoms with Crippen molar-refractivity contribution in [2.45, 2.75) is 32.7 Å². The van der Waals surface area contributed by atoms with Crippen molar-refractivity contribution in [2.75, 3.05) is 13.1 Å². The molecule has 0 amide bonds. The van der Waals surface area contributed by atoms with Gasteiger partial charge in [-0.15, -0.1) is 0 Å². The topological polar surface area (TPSA) is 36.9 Å². The van der Waals surface area contributed by atoms with Crippen LogP contribution in [0, 0.1) is 10.7 Å². The van der Waals surface area contributed by atoms with Crippen LogP contribution in [-0.4, -0.2) is 32.8 Å². The molecule has 0 bridgehead atoms. The van der Waals surface area contributed by atoms with Gasteiger partial charge in [0.1, 0.15) is 5.82 Å². The van der Waals surface area contributed by atoms with E-state index >= 15 is 0 Å². The Morgan fingerprint density at radius 2 is 2.10 bits per heavy atom. The first-order valence-corrected chi connectivity index (χ1v) is 8.13. The van der Waals surface area contributed by atoms with E-state index in [0.717, 1.165) is 30.5 Å². The highest BCUT2D eigenvalue weighted by molar-refractivity contribution is 7.71. The van der Waals surface area contributed by atoms with Crippen LogP contribution in [0.3, 0.4) is 0 Å². The van der Waals surface area contributed by atoms with Crippen LogP contribution in [0.4, 0.5) is 0 Å². The Hall–Kier alpha value is -1.46. The second-order valence-electron chi connectivity index (χ2n) is 5.79. The van der Waals surface area contributed by atoms with Gasteiger partial charge in [-0.1, -0.05) is 25.1 Å². The number of nitrogens with zero attached hydrogens (tertiary/aromatic N) is 3. The number of hydrogen-bond donors (Lipinski definition) is 1. The minimum absolute atomic E-state index is 0.666. The molecule has 1 saturated carbocycles. The second kappa shape index (κ2) is 6.54. The van der Waals surface area contributed by atoms with Crippen LogP contribution in [0.15, 0.2) is 30.3 Å². The number of aromatic amines is 1. The van der Waals surface area contributed by atoms with Gasteiger partial charge in [-0.2, -0.15) is 5.10 Å². The molecule has 1 aromatic heterocycles. The average molecular weight is 302 g/mol. The minimum Gasteiger partial charge on any atom is -0.296 e. The fourth-order valence-electron chi connectivity index (χ4n) is 2.70. The molecule has 21 heavy (non-hydrogen) atoms. The first kappa shape index (κ1) is 14.5. The molecule has 0 saturated heterocycles. The zero-order chi connectivity index (χ0) is 14.7. The summed E-state index contributed by atoms with van der Waals surface area (Å²) in [5.41, 5.74) is 1.08. The summed E-state index contributed by atoms with van der Waals surface area (Å²) in [7, 11) is 0. The highest BCUT2D eigenvalue weighted by Gasteiger charge is 2.24. The smallest absolute Gasteiger partial charge is 0.199 e. The summed E-state index contributed by atoms with van der Waals surface area (Å²) < 4.78 is 2.71. The normalized spacial score (nSPS) is 14.8. The molecule has 5 heteroatoms. The molecular formula is C16H22N4S. The lowest BCUT2D eigenvalue weighted by Crippen LogP contribution is -2.28. The second-order valence-corrected chi connectivity index (χ2v) is 6.18. The number of nitrogens with one attached hydrogen (secondary N) is 1. The van der Waals surface area contributed by atoms with E-state index in [9.17, 15) is 0 Å². The van der Waals surface area contributed by atoms with Crippen LogP contribution < -0.4 is 0 Å². The molecule has 0 spiro atoms. The van der Waals surface area contributed by atoms with E-state index < -0.39 is 0 Å². The Kier molecular flexibility index (Phi) is 4.51. The molecule has 1 aliphatic rings. The van der Waals surface area contributed by atoms with Gasteiger partial charge in [0, 0.05) is 12.2 Å². The molecule has 1 aliphatic carbocycles. The SMILES string of the molecule is CCCN(Cc1n[nH]c(=S)n1-c1ccccc1)CC1CC1. The molecule has 0 atom stereocenters. The summed E-state index contributed by atoms with van der Waals surface area (Å²) in [6, 6.07) is 10.2. The van der Waals surface area contributed by atoms with Crippen molar-refractivity contribution >= 4 is 12.2 Å². The van der Waals surface area contributed by atoms with Gasteiger partial charge >= 0.3 is 0 Å².